The standard InChI is InChI=1S/C16H20N4S2/c1-22-14-9-7-12(8-10-14)11-17-20-15(18-19-16(20)21)13-5-3-2-4-6-13/h7-11,13H,2-6H2,1H3,(H,19,21)/b17-11+. The van der Waals surface area contributed by atoms with E-state index in [9.17, 15) is 0 Å². The maximum absolute atomic E-state index is 5.32. The predicted octanol–water partition coefficient (Wildman–Crippen LogP) is 4.59. The molecular formula is C16H20N4S2. The summed E-state index contributed by atoms with van der Waals surface area (Å²) >= 11 is 7.06. The van der Waals surface area contributed by atoms with Gasteiger partial charge >= 0.3 is 0 Å². The van der Waals surface area contributed by atoms with Gasteiger partial charge in [-0.15, -0.1) is 11.8 Å². The van der Waals surface area contributed by atoms with E-state index in [0.717, 1.165) is 11.4 Å². The van der Waals surface area contributed by atoms with E-state index < -0.39 is 0 Å². The summed E-state index contributed by atoms with van der Waals surface area (Å²) in [7, 11) is 0. The van der Waals surface area contributed by atoms with Crippen LogP contribution in [-0.4, -0.2) is 27.3 Å². The number of nitrogens with one attached hydrogen (secondary N) is 1. The third-order valence-corrected chi connectivity index (χ3v) is 5.09. The fourth-order valence-electron chi connectivity index (χ4n) is 2.85. The highest BCUT2D eigenvalue weighted by atomic mass is 32.2. The van der Waals surface area contributed by atoms with Crippen molar-refractivity contribution in [3.8, 4) is 0 Å². The maximum Gasteiger partial charge on any atom is 0.216 e. The number of hydrogen-bond acceptors (Lipinski definition) is 4. The van der Waals surface area contributed by atoms with Crippen LogP contribution in [0.4, 0.5) is 0 Å². The van der Waals surface area contributed by atoms with Crippen molar-refractivity contribution in [3.05, 3.63) is 40.4 Å². The summed E-state index contributed by atoms with van der Waals surface area (Å²) in [5.74, 6) is 1.44. The quantitative estimate of drug-likeness (QED) is 0.506. The second-order valence-electron chi connectivity index (χ2n) is 5.55. The van der Waals surface area contributed by atoms with Gasteiger partial charge in [-0.25, -0.2) is 0 Å². The zero-order valence-corrected chi connectivity index (χ0v) is 14.3. The molecule has 0 amide bonds. The Kier molecular flexibility index (Phi) is 5.10. The molecular weight excluding hydrogens is 312 g/mol. The predicted molar refractivity (Wildman–Crippen MR) is 94.5 cm³/mol. The zero-order chi connectivity index (χ0) is 15.4. The van der Waals surface area contributed by atoms with Gasteiger partial charge in [0.1, 0.15) is 0 Å². The van der Waals surface area contributed by atoms with E-state index >= 15 is 0 Å². The lowest BCUT2D eigenvalue weighted by Gasteiger charge is -2.19. The van der Waals surface area contributed by atoms with E-state index in [1.165, 1.54) is 37.0 Å². The van der Waals surface area contributed by atoms with Gasteiger partial charge in [0.25, 0.3) is 0 Å². The number of rotatable bonds is 4. The number of aromatic nitrogens is 3. The molecule has 1 aromatic heterocycles. The lowest BCUT2D eigenvalue weighted by molar-refractivity contribution is 0.419. The van der Waals surface area contributed by atoms with Crippen molar-refractivity contribution in [1.82, 2.24) is 14.9 Å². The molecule has 0 aliphatic heterocycles. The summed E-state index contributed by atoms with van der Waals surface area (Å²) in [5, 5.41) is 11.8. The molecule has 0 saturated heterocycles. The van der Waals surface area contributed by atoms with Crippen LogP contribution in [0, 0.1) is 4.77 Å². The van der Waals surface area contributed by atoms with Gasteiger partial charge in [-0.3, -0.25) is 5.10 Å². The minimum Gasteiger partial charge on any atom is -0.250 e. The average Bonchev–Trinajstić information content (AvgIpc) is 2.95. The molecule has 1 saturated carbocycles. The first-order valence-electron chi connectivity index (χ1n) is 7.63. The van der Waals surface area contributed by atoms with Gasteiger partial charge in [0.2, 0.25) is 4.77 Å². The third-order valence-electron chi connectivity index (χ3n) is 4.08. The molecule has 2 aromatic rings. The number of aromatic amines is 1. The first-order valence-corrected chi connectivity index (χ1v) is 9.27. The Balaban J connectivity index is 1.83. The lowest BCUT2D eigenvalue weighted by atomic mass is 9.89. The highest BCUT2D eigenvalue weighted by Crippen LogP contribution is 2.31. The summed E-state index contributed by atoms with van der Waals surface area (Å²) in [5.41, 5.74) is 1.07. The zero-order valence-electron chi connectivity index (χ0n) is 12.7. The lowest BCUT2D eigenvalue weighted by Crippen LogP contribution is -2.10. The van der Waals surface area contributed by atoms with Crippen LogP contribution in [0.2, 0.25) is 0 Å². The van der Waals surface area contributed by atoms with E-state index in [2.05, 4.69) is 45.8 Å². The van der Waals surface area contributed by atoms with Crippen LogP contribution in [0.25, 0.3) is 0 Å². The molecule has 1 heterocycles. The van der Waals surface area contributed by atoms with Crippen LogP contribution in [0.1, 0.15) is 49.4 Å². The molecule has 1 aromatic carbocycles. The first kappa shape index (κ1) is 15.5. The average molecular weight is 332 g/mol. The van der Waals surface area contributed by atoms with E-state index in [4.69, 9.17) is 12.2 Å². The number of hydrogen-bond donors (Lipinski definition) is 1. The van der Waals surface area contributed by atoms with E-state index in [1.54, 1.807) is 16.4 Å². The molecule has 3 rings (SSSR count). The number of thioether (sulfide) groups is 1. The molecule has 1 aliphatic rings. The molecule has 0 spiro atoms. The summed E-state index contributed by atoms with van der Waals surface area (Å²) in [6.45, 7) is 0. The molecule has 116 valence electrons. The Bertz CT molecular complexity index is 694. The van der Waals surface area contributed by atoms with E-state index in [1.807, 2.05) is 6.21 Å². The van der Waals surface area contributed by atoms with Gasteiger partial charge in [-0.05, 0) is 49.0 Å². The van der Waals surface area contributed by atoms with Crippen LogP contribution in [0.3, 0.4) is 0 Å². The SMILES string of the molecule is CSc1ccc(/C=N/n2c(C3CCCCC3)n[nH]c2=S)cc1. The highest BCUT2D eigenvalue weighted by Gasteiger charge is 2.21. The maximum atomic E-state index is 5.32. The van der Waals surface area contributed by atoms with Gasteiger partial charge in [-0.1, -0.05) is 31.4 Å². The van der Waals surface area contributed by atoms with Gasteiger partial charge in [-0.2, -0.15) is 14.9 Å². The minimum atomic E-state index is 0.470. The van der Waals surface area contributed by atoms with E-state index in [-0.39, 0.29) is 0 Å². The van der Waals surface area contributed by atoms with Crippen molar-refractivity contribution in [2.24, 2.45) is 5.10 Å². The molecule has 1 aliphatic carbocycles. The Morgan fingerprint density at radius 1 is 1.27 bits per heavy atom. The number of benzene rings is 1. The van der Waals surface area contributed by atoms with Crippen LogP contribution in [0.15, 0.2) is 34.3 Å². The number of nitrogens with zero attached hydrogens (tertiary/aromatic N) is 3. The molecule has 0 unspecified atom stereocenters. The largest absolute Gasteiger partial charge is 0.250 e. The Morgan fingerprint density at radius 3 is 2.68 bits per heavy atom. The Hall–Kier alpha value is -1.40. The summed E-state index contributed by atoms with van der Waals surface area (Å²) in [6.07, 6.45) is 10.1. The van der Waals surface area contributed by atoms with Crippen molar-refractivity contribution in [2.45, 2.75) is 42.9 Å². The molecule has 1 N–H and O–H groups in total. The second-order valence-corrected chi connectivity index (χ2v) is 6.82. The highest BCUT2D eigenvalue weighted by molar-refractivity contribution is 7.98. The molecule has 0 atom stereocenters. The van der Waals surface area contributed by atoms with Crippen molar-refractivity contribution in [1.29, 1.82) is 0 Å². The monoisotopic (exact) mass is 332 g/mol. The van der Waals surface area contributed by atoms with Gasteiger partial charge in [0.15, 0.2) is 5.82 Å². The Labute approximate surface area is 140 Å². The third kappa shape index (κ3) is 3.50. The van der Waals surface area contributed by atoms with Gasteiger partial charge in [0, 0.05) is 10.8 Å². The van der Waals surface area contributed by atoms with Crippen LogP contribution in [-0.2, 0) is 0 Å². The van der Waals surface area contributed by atoms with Crippen LogP contribution >= 0.6 is 24.0 Å². The van der Waals surface area contributed by atoms with Crippen LogP contribution in [0.5, 0.6) is 0 Å². The topological polar surface area (TPSA) is 46.0 Å². The number of H-pyrrole nitrogens is 1. The molecule has 6 heteroatoms. The second kappa shape index (κ2) is 7.24. The van der Waals surface area contributed by atoms with Crippen molar-refractivity contribution < 1.29 is 0 Å². The first-order chi connectivity index (χ1) is 10.8. The summed E-state index contributed by atoms with van der Waals surface area (Å²) in [4.78, 5) is 1.25. The molecule has 0 bridgehead atoms. The minimum absolute atomic E-state index is 0.470. The van der Waals surface area contributed by atoms with Crippen LogP contribution < -0.4 is 0 Å². The van der Waals surface area contributed by atoms with E-state index in [0.29, 0.717) is 10.7 Å². The molecule has 22 heavy (non-hydrogen) atoms. The molecule has 4 nitrogen and oxygen atoms in total. The van der Waals surface area contributed by atoms with Gasteiger partial charge in [0.05, 0.1) is 6.21 Å². The summed E-state index contributed by atoms with van der Waals surface area (Å²) < 4.78 is 2.35. The van der Waals surface area contributed by atoms with Crippen molar-refractivity contribution >= 4 is 30.2 Å². The van der Waals surface area contributed by atoms with Crippen molar-refractivity contribution in [2.75, 3.05) is 6.26 Å². The van der Waals surface area contributed by atoms with Gasteiger partial charge < -0.3 is 0 Å². The van der Waals surface area contributed by atoms with Crippen molar-refractivity contribution in [3.63, 3.8) is 0 Å². The fraction of sp³-hybridized carbons (Fsp3) is 0.438. The molecule has 1 fully saturated rings. The summed E-state index contributed by atoms with van der Waals surface area (Å²) in [6, 6.07) is 8.34. The fourth-order valence-corrected chi connectivity index (χ4v) is 3.45. The smallest absolute Gasteiger partial charge is 0.216 e. The molecule has 0 radical (unpaired) electrons. The normalized spacial score (nSPS) is 16.4. The Morgan fingerprint density at radius 2 is 2.00 bits per heavy atom.